The van der Waals surface area contributed by atoms with Gasteiger partial charge in [0.15, 0.2) is 0 Å². The molecule has 0 aromatic carbocycles. The van der Waals surface area contributed by atoms with Crippen molar-refractivity contribution in [2.45, 2.75) is 70.8 Å². The second-order valence-corrected chi connectivity index (χ2v) is 6.89. The minimum Gasteiger partial charge on any atom is -0.331 e. The van der Waals surface area contributed by atoms with Crippen LogP contribution < -0.4 is 0 Å². The summed E-state index contributed by atoms with van der Waals surface area (Å²) in [5.41, 5.74) is 0. The van der Waals surface area contributed by atoms with Crippen molar-refractivity contribution < 1.29 is 4.79 Å². The Morgan fingerprint density at radius 2 is 1.84 bits per heavy atom. The molecule has 0 N–H and O–H groups in total. The Hall–Kier alpha value is 0.110. The molecule has 1 fully saturated rings. The molecule has 19 heavy (non-hydrogen) atoms. The maximum Gasteiger partial charge on any atom is 0.281 e. The minimum absolute atomic E-state index is 0.300. The fourth-order valence-electron chi connectivity index (χ4n) is 2.52. The highest BCUT2D eigenvalue weighted by molar-refractivity contribution is 8.13. The van der Waals surface area contributed by atoms with Gasteiger partial charge in [-0.15, -0.1) is 11.6 Å². The number of amides is 1. The fraction of sp³-hybridized carbons (Fsp3) is 0.933. The molecule has 0 aromatic rings. The van der Waals surface area contributed by atoms with Crippen LogP contribution >= 0.6 is 23.4 Å². The van der Waals surface area contributed by atoms with Crippen molar-refractivity contribution in [1.29, 1.82) is 0 Å². The van der Waals surface area contributed by atoms with Crippen molar-refractivity contribution in [2.24, 2.45) is 0 Å². The maximum atomic E-state index is 12.1. The molecule has 0 aromatic heterocycles. The van der Waals surface area contributed by atoms with Gasteiger partial charge in [0.1, 0.15) is 0 Å². The van der Waals surface area contributed by atoms with Gasteiger partial charge >= 0.3 is 0 Å². The van der Waals surface area contributed by atoms with Crippen LogP contribution in [0.25, 0.3) is 0 Å². The van der Waals surface area contributed by atoms with Crippen molar-refractivity contribution in [3.8, 4) is 0 Å². The first-order chi connectivity index (χ1) is 9.25. The zero-order valence-corrected chi connectivity index (χ0v) is 13.8. The van der Waals surface area contributed by atoms with Crippen LogP contribution in [0.3, 0.4) is 0 Å². The number of carbonyl (C=O) groups is 1. The van der Waals surface area contributed by atoms with Crippen LogP contribution in [-0.4, -0.2) is 34.4 Å². The van der Waals surface area contributed by atoms with Gasteiger partial charge in [-0.05, 0) is 39.0 Å². The molecule has 1 aliphatic heterocycles. The number of hydrogen-bond donors (Lipinski definition) is 0. The summed E-state index contributed by atoms with van der Waals surface area (Å²) in [6, 6.07) is 0.448. The first-order valence-electron chi connectivity index (χ1n) is 7.75. The van der Waals surface area contributed by atoms with E-state index >= 15 is 0 Å². The van der Waals surface area contributed by atoms with Gasteiger partial charge in [0, 0.05) is 24.2 Å². The van der Waals surface area contributed by atoms with Crippen LogP contribution in [0, 0.1) is 0 Å². The van der Waals surface area contributed by atoms with E-state index in [0.717, 1.165) is 24.6 Å². The molecule has 1 heterocycles. The van der Waals surface area contributed by atoms with Crippen molar-refractivity contribution in [1.82, 2.24) is 4.90 Å². The lowest BCUT2D eigenvalue weighted by Crippen LogP contribution is -2.40. The Morgan fingerprint density at radius 1 is 1.16 bits per heavy atom. The van der Waals surface area contributed by atoms with Crippen LogP contribution in [0.5, 0.6) is 0 Å². The lowest BCUT2D eigenvalue weighted by Gasteiger charge is -2.32. The van der Waals surface area contributed by atoms with E-state index in [1.54, 1.807) is 0 Å². The maximum absolute atomic E-state index is 12.1. The van der Waals surface area contributed by atoms with Crippen molar-refractivity contribution >= 4 is 28.6 Å². The molecule has 112 valence electrons. The molecule has 0 saturated carbocycles. The van der Waals surface area contributed by atoms with E-state index in [4.69, 9.17) is 11.6 Å². The zero-order chi connectivity index (χ0) is 13.9. The first kappa shape index (κ1) is 17.2. The normalized spacial score (nSPS) is 19.7. The van der Waals surface area contributed by atoms with Crippen LogP contribution in [0.15, 0.2) is 0 Å². The van der Waals surface area contributed by atoms with Crippen molar-refractivity contribution in [3.05, 3.63) is 0 Å². The number of piperidine rings is 1. The number of thioether (sulfide) groups is 1. The van der Waals surface area contributed by atoms with E-state index in [1.807, 2.05) is 0 Å². The lowest BCUT2D eigenvalue weighted by molar-refractivity contribution is 0.181. The summed E-state index contributed by atoms with van der Waals surface area (Å²) in [5.74, 6) is 1.77. The van der Waals surface area contributed by atoms with E-state index in [1.165, 1.54) is 63.1 Å². The molecular weight excluding hydrogens is 278 g/mol. The van der Waals surface area contributed by atoms with Gasteiger partial charge < -0.3 is 4.90 Å². The molecular formula is C15H28ClNOS. The van der Waals surface area contributed by atoms with Gasteiger partial charge in [0.2, 0.25) is 0 Å². The Morgan fingerprint density at radius 3 is 2.53 bits per heavy atom. The molecule has 1 rings (SSSR count). The molecule has 1 atom stereocenters. The smallest absolute Gasteiger partial charge is 0.281 e. The topological polar surface area (TPSA) is 20.3 Å². The van der Waals surface area contributed by atoms with Crippen LogP contribution in [0.1, 0.15) is 64.7 Å². The highest BCUT2D eigenvalue weighted by Crippen LogP contribution is 2.22. The number of nitrogens with zero attached hydrogens (tertiary/aromatic N) is 1. The average Bonchev–Trinajstić information content (AvgIpc) is 2.42. The van der Waals surface area contributed by atoms with E-state index < -0.39 is 0 Å². The minimum atomic E-state index is 0.300. The molecule has 0 bridgehead atoms. The van der Waals surface area contributed by atoms with Crippen LogP contribution in [-0.2, 0) is 0 Å². The van der Waals surface area contributed by atoms with Gasteiger partial charge in [-0.2, -0.15) is 0 Å². The third kappa shape index (κ3) is 7.45. The van der Waals surface area contributed by atoms with Crippen LogP contribution in [0.4, 0.5) is 4.79 Å². The largest absolute Gasteiger partial charge is 0.331 e. The number of halogens is 1. The molecule has 1 amide bonds. The van der Waals surface area contributed by atoms with Gasteiger partial charge in [0.25, 0.3) is 5.24 Å². The SMILES string of the molecule is CC1CCCCN1C(=O)SCCCCCCCCCl. The summed E-state index contributed by atoms with van der Waals surface area (Å²) in [6.07, 6.45) is 11.0. The molecule has 1 aliphatic rings. The highest BCUT2D eigenvalue weighted by atomic mass is 35.5. The summed E-state index contributed by atoms with van der Waals surface area (Å²) in [5, 5.41) is 0.300. The summed E-state index contributed by atoms with van der Waals surface area (Å²) in [6.45, 7) is 3.14. The Bertz CT molecular complexity index is 250. The number of likely N-dealkylation sites (tertiary alicyclic amines) is 1. The molecule has 4 heteroatoms. The van der Waals surface area contributed by atoms with Crippen molar-refractivity contribution in [3.63, 3.8) is 0 Å². The van der Waals surface area contributed by atoms with Gasteiger partial charge in [-0.3, -0.25) is 4.79 Å². The fourth-order valence-corrected chi connectivity index (χ4v) is 3.66. The van der Waals surface area contributed by atoms with E-state index in [0.29, 0.717) is 11.3 Å². The van der Waals surface area contributed by atoms with Crippen LogP contribution in [0.2, 0.25) is 0 Å². The number of alkyl halides is 1. The predicted molar refractivity (Wildman–Crippen MR) is 86.3 cm³/mol. The highest BCUT2D eigenvalue weighted by Gasteiger charge is 2.22. The first-order valence-corrected chi connectivity index (χ1v) is 9.27. The van der Waals surface area contributed by atoms with Gasteiger partial charge in [0.05, 0.1) is 0 Å². The monoisotopic (exact) mass is 305 g/mol. The second-order valence-electron chi connectivity index (χ2n) is 5.46. The summed E-state index contributed by atoms with van der Waals surface area (Å²) in [4.78, 5) is 14.1. The molecule has 1 unspecified atom stereocenters. The van der Waals surface area contributed by atoms with E-state index in [9.17, 15) is 4.79 Å². The standard InChI is InChI=1S/C15H28ClNOS/c1-14-10-6-8-12-17(14)15(18)19-13-9-5-3-2-4-7-11-16/h14H,2-13H2,1H3. The Kier molecular flexibility index (Phi) is 9.80. The van der Waals surface area contributed by atoms with Gasteiger partial charge in [-0.25, -0.2) is 0 Å². The van der Waals surface area contributed by atoms with Crippen molar-refractivity contribution in [2.75, 3.05) is 18.2 Å². The number of unbranched alkanes of at least 4 members (excludes halogenated alkanes) is 5. The lowest BCUT2D eigenvalue weighted by atomic mass is 10.1. The average molecular weight is 306 g/mol. The summed E-state index contributed by atoms with van der Waals surface area (Å²) in [7, 11) is 0. The molecule has 0 radical (unpaired) electrons. The second kappa shape index (κ2) is 10.8. The molecule has 0 spiro atoms. The molecule has 2 nitrogen and oxygen atoms in total. The van der Waals surface area contributed by atoms with E-state index in [-0.39, 0.29) is 0 Å². The third-order valence-corrected chi connectivity index (χ3v) is 5.03. The Balaban J connectivity index is 1.98. The quantitative estimate of drug-likeness (QED) is 0.448. The number of rotatable bonds is 8. The summed E-state index contributed by atoms with van der Waals surface area (Å²) < 4.78 is 0. The summed E-state index contributed by atoms with van der Waals surface area (Å²) >= 11 is 7.16. The molecule has 1 saturated heterocycles. The molecule has 0 aliphatic carbocycles. The van der Waals surface area contributed by atoms with E-state index in [2.05, 4.69) is 11.8 Å². The van der Waals surface area contributed by atoms with Gasteiger partial charge in [-0.1, -0.05) is 37.4 Å². The number of carbonyl (C=O) groups excluding carboxylic acids is 1. The number of hydrogen-bond acceptors (Lipinski definition) is 2. The zero-order valence-electron chi connectivity index (χ0n) is 12.2. The third-order valence-electron chi connectivity index (χ3n) is 3.79. The predicted octanol–water partition coefficient (Wildman–Crippen LogP) is 5.29. The Labute approximate surface area is 127 Å².